The Hall–Kier alpha value is -5.11. The Bertz CT molecular complexity index is 1730. The van der Waals surface area contributed by atoms with E-state index in [0.717, 1.165) is 6.07 Å². The molecule has 0 spiro atoms. The molecule has 0 saturated carbocycles. The molecule has 244 valence electrons. The Labute approximate surface area is 269 Å². The van der Waals surface area contributed by atoms with Crippen molar-refractivity contribution in [3.63, 3.8) is 0 Å². The largest absolute Gasteiger partial charge is 0.636 e. The van der Waals surface area contributed by atoms with E-state index in [-0.39, 0.29) is 66.9 Å². The molecule has 0 atom stereocenters. The molecule has 0 bridgehead atoms. The van der Waals surface area contributed by atoms with Crippen molar-refractivity contribution in [3.8, 4) is 34.0 Å². The zero-order valence-electron chi connectivity index (χ0n) is 25.7. The maximum absolute atomic E-state index is 14.2. The minimum atomic E-state index is -4.64. The van der Waals surface area contributed by atoms with Crippen molar-refractivity contribution in [2.45, 2.75) is 25.9 Å². The Morgan fingerprint density at radius 3 is 2.30 bits per heavy atom. The molecule has 10 nitrogen and oxygen atoms in total. The van der Waals surface area contributed by atoms with Gasteiger partial charge in [-0.1, -0.05) is 42.5 Å². The van der Waals surface area contributed by atoms with E-state index >= 15 is 0 Å². The number of likely N-dealkylation sites (N-methyl/N-ethyl adjacent to an activating group) is 1. The summed E-state index contributed by atoms with van der Waals surface area (Å²) in [6.45, 7) is 1.80. The zero-order valence-corrected chi connectivity index (χ0v) is 25.7. The van der Waals surface area contributed by atoms with Crippen LogP contribution in [-0.4, -0.2) is 73.1 Å². The van der Waals surface area contributed by atoms with Crippen molar-refractivity contribution >= 4 is 30.5 Å². The Morgan fingerprint density at radius 2 is 1.62 bits per heavy atom. The highest BCUT2D eigenvalue weighted by atomic mass is 19.4. The van der Waals surface area contributed by atoms with Gasteiger partial charge in [0.1, 0.15) is 5.75 Å². The maximum atomic E-state index is 14.2. The lowest BCUT2D eigenvalue weighted by atomic mass is 9.77. The van der Waals surface area contributed by atoms with E-state index < -0.39 is 30.8 Å². The van der Waals surface area contributed by atoms with Gasteiger partial charge in [-0.25, -0.2) is 4.68 Å². The van der Waals surface area contributed by atoms with Crippen LogP contribution in [0.15, 0.2) is 78.9 Å². The minimum absolute atomic E-state index is 0.0948. The number of carbonyl (C=O) groups is 3. The van der Waals surface area contributed by atoms with Gasteiger partial charge < -0.3 is 18.8 Å². The number of halogens is 3. The second-order valence-corrected chi connectivity index (χ2v) is 10.7. The first kappa shape index (κ1) is 33.3. The molecule has 0 N–H and O–H groups in total. The van der Waals surface area contributed by atoms with Crippen molar-refractivity contribution < 1.29 is 46.3 Å². The van der Waals surface area contributed by atoms with Gasteiger partial charge in [0.15, 0.2) is 0 Å². The second kappa shape index (κ2) is 14.5. The topological polar surface area (TPSA) is 109 Å². The molecule has 2 heterocycles. The summed E-state index contributed by atoms with van der Waals surface area (Å²) < 4.78 is 65.9. The summed E-state index contributed by atoms with van der Waals surface area (Å²) in [5.41, 5.74) is 0.553. The maximum Gasteiger partial charge on any atom is 0.636 e. The first-order chi connectivity index (χ1) is 22.5. The van der Waals surface area contributed by atoms with Gasteiger partial charge in [0.05, 0.1) is 48.9 Å². The van der Waals surface area contributed by atoms with Crippen molar-refractivity contribution in [1.29, 1.82) is 0 Å². The van der Waals surface area contributed by atoms with Gasteiger partial charge in [-0.2, -0.15) is 18.3 Å². The van der Waals surface area contributed by atoms with E-state index in [4.69, 9.17) is 23.9 Å². The smallest absolute Gasteiger partial charge is 0.494 e. The molecule has 4 aromatic rings. The van der Waals surface area contributed by atoms with Crippen molar-refractivity contribution in [2.75, 3.05) is 33.4 Å². The molecule has 1 fully saturated rings. The Kier molecular flexibility index (Phi) is 10.3. The number of carbonyl (C=O) groups excluding carboxylic acids is 3. The Balaban J connectivity index is 1.61. The summed E-state index contributed by atoms with van der Waals surface area (Å²) in [6.07, 6.45) is -4.20. The normalized spacial score (nSPS) is 14.2. The molecule has 0 unspecified atom stereocenters. The molecule has 1 aromatic heterocycles. The number of benzene rings is 3. The van der Waals surface area contributed by atoms with Crippen LogP contribution in [0.4, 0.5) is 13.2 Å². The van der Waals surface area contributed by atoms with Crippen LogP contribution in [0.25, 0.3) is 28.2 Å². The van der Waals surface area contributed by atoms with Crippen LogP contribution in [0.5, 0.6) is 5.75 Å². The van der Waals surface area contributed by atoms with Crippen LogP contribution in [0, 0.1) is 0 Å². The van der Waals surface area contributed by atoms with E-state index in [1.54, 1.807) is 62.5 Å². The standard InChI is InChI=1S/C33H31BF3N3O7/c1-3-44-30(41)14-9-17-45-29-16-15-22(34-46-31(42)20-39(2)21-32(43)47-34)18-25(29)27-19-28(40(38-27)23-10-5-4-6-11-23)24-12-7-8-13-26(24)33(35,36)37/h4-8,10-13,15-16,18-19H,3,9,14,17,20-21H2,1-2H3. The summed E-state index contributed by atoms with van der Waals surface area (Å²) in [5, 5.41) is 4.72. The molecule has 0 radical (unpaired) electrons. The number of nitrogens with zero attached hydrogens (tertiary/aromatic N) is 3. The van der Waals surface area contributed by atoms with Crippen LogP contribution >= 0.6 is 0 Å². The fourth-order valence-electron chi connectivity index (χ4n) is 5.05. The third-order valence-electron chi connectivity index (χ3n) is 7.13. The highest BCUT2D eigenvalue weighted by Gasteiger charge is 2.36. The van der Waals surface area contributed by atoms with Gasteiger partial charge in [-0.15, -0.1) is 0 Å². The minimum Gasteiger partial charge on any atom is -0.494 e. The Morgan fingerprint density at radius 1 is 0.936 bits per heavy atom. The summed E-state index contributed by atoms with van der Waals surface area (Å²) in [5.74, 6) is -1.33. The summed E-state index contributed by atoms with van der Waals surface area (Å²) in [6, 6.07) is 20.1. The van der Waals surface area contributed by atoms with Gasteiger partial charge in [0, 0.05) is 23.0 Å². The zero-order chi connectivity index (χ0) is 33.6. The highest BCUT2D eigenvalue weighted by molar-refractivity contribution is 6.64. The molecular weight excluding hydrogens is 618 g/mol. The van der Waals surface area contributed by atoms with E-state index in [2.05, 4.69) is 0 Å². The van der Waals surface area contributed by atoms with E-state index in [9.17, 15) is 27.6 Å². The van der Waals surface area contributed by atoms with Crippen molar-refractivity contribution in [1.82, 2.24) is 14.7 Å². The highest BCUT2D eigenvalue weighted by Crippen LogP contribution is 2.40. The molecule has 1 saturated heterocycles. The SMILES string of the molecule is CCOC(=O)CCCOc1ccc(B2OC(=O)CN(C)CC(=O)O2)cc1-c1cc(-c2ccccc2C(F)(F)F)n(-c2ccccc2)n1. The lowest BCUT2D eigenvalue weighted by molar-refractivity contribution is -0.146. The lowest BCUT2D eigenvalue weighted by Gasteiger charge is -2.23. The number of rotatable bonds is 10. The van der Waals surface area contributed by atoms with Crippen LogP contribution in [0.2, 0.25) is 0 Å². The monoisotopic (exact) mass is 649 g/mol. The first-order valence-electron chi connectivity index (χ1n) is 14.9. The third kappa shape index (κ3) is 8.19. The molecule has 1 aliphatic heterocycles. The van der Waals surface area contributed by atoms with Gasteiger partial charge in [0.2, 0.25) is 0 Å². The number of para-hydroxylation sites is 1. The molecule has 5 rings (SSSR count). The van der Waals surface area contributed by atoms with Crippen molar-refractivity contribution in [3.05, 3.63) is 84.4 Å². The van der Waals surface area contributed by atoms with E-state index in [1.165, 1.54) is 33.8 Å². The van der Waals surface area contributed by atoms with Gasteiger partial charge in [-0.05, 0) is 56.8 Å². The average Bonchev–Trinajstić information content (AvgIpc) is 3.47. The quantitative estimate of drug-likeness (QED) is 0.138. The predicted molar refractivity (Wildman–Crippen MR) is 166 cm³/mol. The fourth-order valence-corrected chi connectivity index (χ4v) is 5.05. The number of ether oxygens (including phenoxy) is 2. The molecule has 0 amide bonds. The van der Waals surface area contributed by atoms with Crippen molar-refractivity contribution in [2.24, 2.45) is 0 Å². The van der Waals surface area contributed by atoms with Gasteiger partial charge in [0.25, 0.3) is 0 Å². The summed E-state index contributed by atoms with van der Waals surface area (Å²) in [4.78, 5) is 38.3. The molecule has 14 heteroatoms. The third-order valence-corrected chi connectivity index (χ3v) is 7.13. The predicted octanol–water partition coefficient (Wildman–Crippen LogP) is 4.67. The number of hydrogen-bond acceptors (Lipinski definition) is 9. The average molecular weight is 649 g/mol. The van der Waals surface area contributed by atoms with Crippen LogP contribution in [0.3, 0.4) is 0 Å². The van der Waals surface area contributed by atoms with Gasteiger partial charge >= 0.3 is 31.2 Å². The molecule has 0 aliphatic carbocycles. The fraction of sp³-hybridized carbons (Fsp3) is 0.273. The van der Waals surface area contributed by atoms with Crippen LogP contribution in [-0.2, 0) is 34.6 Å². The molecular formula is C33H31BF3N3O7. The van der Waals surface area contributed by atoms with Crippen LogP contribution < -0.4 is 10.2 Å². The van der Waals surface area contributed by atoms with Gasteiger partial charge in [-0.3, -0.25) is 19.3 Å². The molecule has 47 heavy (non-hydrogen) atoms. The number of alkyl halides is 3. The molecule has 3 aromatic carbocycles. The second-order valence-electron chi connectivity index (χ2n) is 10.7. The number of esters is 1. The number of hydrogen-bond donors (Lipinski definition) is 0. The van der Waals surface area contributed by atoms with E-state index in [0.29, 0.717) is 17.7 Å². The summed E-state index contributed by atoms with van der Waals surface area (Å²) in [7, 11) is 0.189. The lowest BCUT2D eigenvalue weighted by Crippen LogP contribution is -2.47. The first-order valence-corrected chi connectivity index (χ1v) is 14.9. The van der Waals surface area contributed by atoms with E-state index in [1.807, 2.05) is 0 Å². The number of aromatic nitrogens is 2. The summed E-state index contributed by atoms with van der Waals surface area (Å²) >= 11 is 0. The van der Waals surface area contributed by atoms with Crippen LogP contribution in [0.1, 0.15) is 25.3 Å². The molecule has 1 aliphatic rings.